The highest BCUT2D eigenvalue weighted by Crippen LogP contribution is 2.24. The van der Waals surface area contributed by atoms with E-state index in [1.807, 2.05) is 0 Å². The van der Waals surface area contributed by atoms with E-state index in [-0.39, 0.29) is 18.2 Å². The molecule has 0 amide bonds. The molecule has 2 aromatic carbocycles. The Morgan fingerprint density at radius 1 is 1.11 bits per heavy atom. The van der Waals surface area contributed by atoms with E-state index in [2.05, 4.69) is 0 Å². The molecule has 0 unspecified atom stereocenters. The van der Waals surface area contributed by atoms with Crippen LogP contribution in [0.4, 0.5) is 4.39 Å². The first-order chi connectivity index (χ1) is 9.10. The lowest BCUT2D eigenvalue weighted by Crippen LogP contribution is -1.99. The second-order valence-electron chi connectivity index (χ2n) is 3.95. The number of aliphatic hydroxyl groups is 1. The number of rotatable bonds is 4. The summed E-state index contributed by atoms with van der Waals surface area (Å²) in [5.41, 5.74) is 1.24. The fourth-order valence-electron chi connectivity index (χ4n) is 1.60. The maximum Gasteiger partial charge on any atom is 0.142 e. The predicted molar refractivity (Wildman–Crippen MR) is 73.1 cm³/mol. The molecular weight excluding hydrogens is 290 g/mol. The van der Waals surface area contributed by atoms with Gasteiger partial charge in [0.2, 0.25) is 0 Å². The summed E-state index contributed by atoms with van der Waals surface area (Å²) in [6.07, 6.45) is 0. The van der Waals surface area contributed by atoms with Crippen molar-refractivity contribution in [2.45, 2.75) is 13.2 Å². The first-order valence-electron chi connectivity index (χ1n) is 5.56. The number of aliphatic hydroxyl groups excluding tert-OH is 1. The Labute approximate surface area is 120 Å². The number of hydrogen-bond donors (Lipinski definition) is 1. The Kier molecular flexibility index (Phi) is 4.64. The third kappa shape index (κ3) is 3.60. The number of halogens is 3. The van der Waals surface area contributed by atoms with Crippen molar-refractivity contribution < 1.29 is 14.2 Å². The van der Waals surface area contributed by atoms with Gasteiger partial charge in [0.05, 0.1) is 11.6 Å². The van der Waals surface area contributed by atoms with E-state index in [0.29, 0.717) is 21.9 Å². The van der Waals surface area contributed by atoms with Crippen molar-refractivity contribution in [3.8, 4) is 5.75 Å². The maximum atomic E-state index is 13.3. The zero-order valence-electron chi connectivity index (χ0n) is 9.87. The molecule has 0 saturated heterocycles. The molecule has 100 valence electrons. The summed E-state index contributed by atoms with van der Waals surface area (Å²) in [5.74, 6) is 0.0310. The molecule has 2 nitrogen and oxygen atoms in total. The second kappa shape index (κ2) is 6.24. The number of ether oxygens (including phenoxy) is 1. The minimum Gasteiger partial charge on any atom is -0.489 e. The van der Waals surface area contributed by atoms with Gasteiger partial charge in [-0.1, -0.05) is 29.3 Å². The Bertz CT molecular complexity index is 588. The smallest absolute Gasteiger partial charge is 0.142 e. The fourth-order valence-corrected chi connectivity index (χ4v) is 1.92. The summed E-state index contributed by atoms with van der Waals surface area (Å²) in [4.78, 5) is 0. The monoisotopic (exact) mass is 300 g/mol. The molecule has 0 aromatic heterocycles. The van der Waals surface area contributed by atoms with Crippen molar-refractivity contribution in [1.29, 1.82) is 0 Å². The van der Waals surface area contributed by atoms with Gasteiger partial charge < -0.3 is 9.84 Å². The van der Waals surface area contributed by atoms with Gasteiger partial charge in [-0.3, -0.25) is 0 Å². The van der Waals surface area contributed by atoms with Crippen LogP contribution in [0.1, 0.15) is 11.1 Å². The minimum atomic E-state index is -0.485. The highest BCUT2D eigenvalue weighted by molar-refractivity contribution is 6.31. The molecule has 2 aromatic rings. The van der Waals surface area contributed by atoms with E-state index in [4.69, 9.17) is 27.9 Å². The molecule has 0 saturated carbocycles. The van der Waals surface area contributed by atoms with Crippen LogP contribution in [0.25, 0.3) is 0 Å². The first-order valence-corrected chi connectivity index (χ1v) is 6.32. The van der Waals surface area contributed by atoms with Crippen LogP contribution < -0.4 is 4.74 Å². The molecule has 0 radical (unpaired) electrons. The van der Waals surface area contributed by atoms with E-state index >= 15 is 0 Å². The Balaban J connectivity index is 2.12. The van der Waals surface area contributed by atoms with Crippen molar-refractivity contribution in [3.63, 3.8) is 0 Å². The Hall–Kier alpha value is -1.29. The molecule has 0 fully saturated rings. The van der Waals surface area contributed by atoms with Gasteiger partial charge >= 0.3 is 0 Å². The minimum absolute atomic E-state index is 0.0753. The average molecular weight is 301 g/mol. The molecule has 0 bridgehead atoms. The Morgan fingerprint density at radius 3 is 2.58 bits per heavy atom. The molecule has 0 aliphatic carbocycles. The third-order valence-electron chi connectivity index (χ3n) is 2.57. The summed E-state index contributed by atoms with van der Waals surface area (Å²) in [5, 5.41) is 9.80. The van der Waals surface area contributed by atoms with Crippen LogP contribution in [0.2, 0.25) is 10.0 Å². The van der Waals surface area contributed by atoms with Gasteiger partial charge in [-0.15, -0.1) is 0 Å². The summed E-state index contributed by atoms with van der Waals surface area (Å²) >= 11 is 11.4. The quantitative estimate of drug-likeness (QED) is 0.917. The molecule has 5 heteroatoms. The topological polar surface area (TPSA) is 29.5 Å². The summed E-state index contributed by atoms with van der Waals surface area (Å²) in [7, 11) is 0. The summed E-state index contributed by atoms with van der Waals surface area (Å²) in [6.45, 7) is 0.00753. The largest absolute Gasteiger partial charge is 0.489 e. The lowest BCUT2D eigenvalue weighted by atomic mass is 10.2. The Morgan fingerprint density at radius 2 is 1.89 bits per heavy atom. The molecule has 0 aliphatic rings. The van der Waals surface area contributed by atoms with Gasteiger partial charge in [-0.25, -0.2) is 4.39 Å². The van der Waals surface area contributed by atoms with Gasteiger partial charge in [0, 0.05) is 10.6 Å². The first kappa shape index (κ1) is 14.1. The van der Waals surface area contributed by atoms with E-state index in [1.54, 1.807) is 24.3 Å². The predicted octanol–water partition coefficient (Wildman–Crippen LogP) is 4.20. The molecule has 1 N–H and O–H groups in total. The summed E-state index contributed by atoms with van der Waals surface area (Å²) in [6, 6.07) is 9.43. The van der Waals surface area contributed by atoms with Crippen LogP contribution in [0, 0.1) is 5.82 Å². The molecular formula is C14H11Cl2FO2. The van der Waals surface area contributed by atoms with Gasteiger partial charge in [-0.05, 0) is 35.9 Å². The molecule has 0 spiro atoms. The zero-order valence-corrected chi connectivity index (χ0v) is 11.4. The van der Waals surface area contributed by atoms with Crippen LogP contribution in [0.5, 0.6) is 5.75 Å². The van der Waals surface area contributed by atoms with E-state index < -0.39 is 5.82 Å². The van der Waals surface area contributed by atoms with Crippen molar-refractivity contribution in [1.82, 2.24) is 0 Å². The number of benzene rings is 2. The summed E-state index contributed by atoms with van der Waals surface area (Å²) < 4.78 is 18.8. The van der Waals surface area contributed by atoms with Crippen molar-refractivity contribution >= 4 is 23.2 Å². The second-order valence-corrected chi connectivity index (χ2v) is 4.79. The highest BCUT2D eigenvalue weighted by Gasteiger charge is 2.06. The van der Waals surface area contributed by atoms with Gasteiger partial charge in [0.15, 0.2) is 0 Å². The molecule has 0 heterocycles. The zero-order chi connectivity index (χ0) is 13.8. The standard InChI is InChI=1S/C14H11Cl2FO2/c15-11-2-4-14(10(6-11)7-18)19-8-9-1-3-12(16)13(17)5-9/h1-6,18H,7-8H2. The fraction of sp³-hybridized carbons (Fsp3) is 0.143. The van der Waals surface area contributed by atoms with Crippen LogP contribution in [-0.4, -0.2) is 5.11 Å². The maximum absolute atomic E-state index is 13.3. The highest BCUT2D eigenvalue weighted by atomic mass is 35.5. The third-order valence-corrected chi connectivity index (χ3v) is 3.11. The normalized spacial score (nSPS) is 10.5. The molecule has 0 aliphatic heterocycles. The lowest BCUT2D eigenvalue weighted by Gasteiger charge is -2.10. The van der Waals surface area contributed by atoms with Crippen molar-refractivity contribution in [2.24, 2.45) is 0 Å². The van der Waals surface area contributed by atoms with E-state index in [9.17, 15) is 9.50 Å². The van der Waals surface area contributed by atoms with Crippen LogP contribution in [-0.2, 0) is 13.2 Å². The molecule has 19 heavy (non-hydrogen) atoms. The van der Waals surface area contributed by atoms with Crippen LogP contribution in [0.3, 0.4) is 0 Å². The van der Waals surface area contributed by atoms with Crippen molar-refractivity contribution in [3.05, 3.63) is 63.4 Å². The average Bonchev–Trinajstić information content (AvgIpc) is 2.41. The van der Waals surface area contributed by atoms with Crippen LogP contribution >= 0.6 is 23.2 Å². The number of hydrogen-bond acceptors (Lipinski definition) is 2. The van der Waals surface area contributed by atoms with Gasteiger partial charge in [-0.2, -0.15) is 0 Å². The van der Waals surface area contributed by atoms with Crippen LogP contribution in [0.15, 0.2) is 36.4 Å². The lowest BCUT2D eigenvalue weighted by molar-refractivity contribution is 0.259. The SMILES string of the molecule is OCc1cc(Cl)ccc1OCc1ccc(Cl)c(F)c1. The molecule has 2 rings (SSSR count). The van der Waals surface area contributed by atoms with E-state index in [0.717, 1.165) is 0 Å². The van der Waals surface area contributed by atoms with E-state index in [1.165, 1.54) is 12.1 Å². The van der Waals surface area contributed by atoms with Crippen molar-refractivity contribution in [2.75, 3.05) is 0 Å². The molecule has 0 atom stereocenters. The van der Waals surface area contributed by atoms with Gasteiger partial charge in [0.25, 0.3) is 0 Å². The van der Waals surface area contributed by atoms with Gasteiger partial charge in [0.1, 0.15) is 18.2 Å².